The highest BCUT2D eigenvalue weighted by Crippen LogP contribution is 2.28. The molecule has 0 radical (unpaired) electrons. The van der Waals surface area contributed by atoms with Crippen molar-refractivity contribution in [2.75, 3.05) is 6.61 Å². The van der Waals surface area contributed by atoms with E-state index in [4.69, 9.17) is 14.2 Å². The van der Waals surface area contributed by atoms with Gasteiger partial charge in [-0.1, -0.05) is 24.3 Å². The first kappa shape index (κ1) is 23.4. The Balaban J connectivity index is 1.72. The molecule has 10 heteroatoms. The maximum atomic E-state index is 12.3. The summed E-state index contributed by atoms with van der Waals surface area (Å²) in [6, 6.07) is 6.03. The number of phenolic OH excluding ortho intramolecular Hbond substituents is 1. The van der Waals surface area contributed by atoms with Crippen molar-refractivity contribution < 1.29 is 49.6 Å². The highest BCUT2D eigenvalue weighted by Gasteiger charge is 2.48. The minimum atomic E-state index is -1.64. The molecule has 1 saturated heterocycles. The van der Waals surface area contributed by atoms with Crippen LogP contribution >= 0.6 is 0 Å². The van der Waals surface area contributed by atoms with E-state index in [0.717, 1.165) is 6.08 Å². The van der Waals surface area contributed by atoms with Crippen molar-refractivity contribution in [2.24, 2.45) is 0 Å². The number of esters is 1. The van der Waals surface area contributed by atoms with Crippen molar-refractivity contribution in [3.63, 3.8) is 0 Å². The van der Waals surface area contributed by atoms with Gasteiger partial charge in [0, 0.05) is 6.08 Å². The predicted octanol–water partition coefficient (Wildman–Crippen LogP) is -1.18. The Morgan fingerprint density at radius 2 is 1.81 bits per heavy atom. The first-order valence-corrected chi connectivity index (χ1v) is 9.78. The first-order valence-electron chi connectivity index (χ1n) is 9.78. The topological polar surface area (TPSA) is 166 Å². The molecule has 1 fully saturated rings. The molecule has 0 bridgehead atoms. The van der Waals surface area contributed by atoms with Crippen LogP contribution in [0.5, 0.6) is 5.75 Å². The summed E-state index contributed by atoms with van der Waals surface area (Å²) < 4.78 is 16.4. The molecule has 0 aromatic heterocycles. The van der Waals surface area contributed by atoms with Crippen LogP contribution in [-0.4, -0.2) is 92.2 Å². The Bertz CT molecular complexity index is 792. The van der Waals surface area contributed by atoms with Crippen LogP contribution in [0.4, 0.5) is 0 Å². The van der Waals surface area contributed by atoms with E-state index in [1.807, 2.05) is 0 Å². The Kier molecular flexibility index (Phi) is 7.79. The lowest BCUT2D eigenvalue weighted by Gasteiger charge is -2.43. The maximum absolute atomic E-state index is 12.3. The first-order chi connectivity index (χ1) is 14.8. The number of aliphatic hydroxyl groups is 5. The van der Waals surface area contributed by atoms with E-state index >= 15 is 0 Å². The second kappa shape index (κ2) is 10.3. The van der Waals surface area contributed by atoms with E-state index < -0.39 is 61.6 Å². The van der Waals surface area contributed by atoms with Gasteiger partial charge in [0.05, 0.1) is 12.7 Å². The minimum Gasteiger partial charge on any atom is -0.508 e. The summed E-state index contributed by atoms with van der Waals surface area (Å²) in [6.07, 6.45) is -4.91. The molecule has 0 spiro atoms. The Morgan fingerprint density at radius 3 is 2.48 bits per heavy atom. The van der Waals surface area contributed by atoms with Crippen molar-refractivity contribution in [2.45, 2.75) is 55.4 Å². The third kappa shape index (κ3) is 5.69. The predicted molar refractivity (Wildman–Crippen MR) is 105 cm³/mol. The molecular formula is C21H26O10. The lowest BCUT2D eigenvalue weighted by molar-refractivity contribution is -0.320. The summed E-state index contributed by atoms with van der Waals surface area (Å²) in [5.74, 6) is -0.799. The maximum Gasteiger partial charge on any atom is 0.331 e. The van der Waals surface area contributed by atoms with Gasteiger partial charge >= 0.3 is 5.97 Å². The van der Waals surface area contributed by atoms with Gasteiger partial charge in [0.2, 0.25) is 0 Å². The fourth-order valence-electron chi connectivity index (χ4n) is 3.35. The average molecular weight is 438 g/mol. The van der Waals surface area contributed by atoms with E-state index in [1.54, 1.807) is 18.2 Å². The summed E-state index contributed by atoms with van der Waals surface area (Å²) in [7, 11) is 0. The lowest BCUT2D eigenvalue weighted by atomic mass is 9.97. The van der Waals surface area contributed by atoms with Crippen molar-refractivity contribution in [1.82, 2.24) is 0 Å². The molecule has 1 aliphatic heterocycles. The van der Waals surface area contributed by atoms with Crippen LogP contribution in [0.3, 0.4) is 0 Å². The number of aliphatic hydroxyl groups excluding tert-OH is 5. The number of aromatic hydroxyl groups is 1. The van der Waals surface area contributed by atoms with Crippen LogP contribution in [-0.2, 0) is 19.0 Å². The second-order valence-corrected chi connectivity index (χ2v) is 7.35. The molecule has 0 amide bonds. The third-order valence-electron chi connectivity index (χ3n) is 5.12. The Hall–Kier alpha value is -2.31. The number of benzene rings is 1. The van der Waals surface area contributed by atoms with Crippen LogP contribution < -0.4 is 0 Å². The average Bonchev–Trinajstić information content (AvgIpc) is 2.76. The van der Waals surface area contributed by atoms with E-state index in [1.165, 1.54) is 24.3 Å². The molecule has 3 rings (SSSR count). The van der Waals surface area contributed by atoms with Crippen LogP contribution in [0, 0.1) is 0 Å². The monoisotopic (exact) mass is 438 g/mol. The van der Waals surface area contributed by atoms with Gasteiger partial charge in [-0.3, -0.25) is 0 Å². The van der Waals surface area contributed by atoms with Gasteiger partial charge in [-0.2, -0.15) is 0 Å². The van der Waals surface area contributed by atoms with Crippen molar-refractivity contribution in [3.8, 4) is 5.75 Å². The second-order valence-electron chi connectivity index (χ2n) is 7.35. The van der Waals surface area contributed by atoms with Gasteiger partial charge in [-0.15, -0.1) is 0 Å². The number of carbonyl (C=O) groups excluding carboxylic acids is 1. The highest BCUT2D eigenvalue weighted by atomic mass is 16.7. The smallest absolute Gasteiger partial charge is 0.331 e. The van der Waals surface area contributed by atoms with E-state index in [-0.39, 0.29) is 12.2 Å². The minimum absolute atomic E-state index is 0.0690. The Labute approximate surface area is 178 Å². The van der Waals surface area contributed by atoms with E-state index in [0.29, 0.717) is 5.56 Å². The molecule has 2 aliphatic rings. The molecule has 10 nitrogen and oxygen atoms in total. The summed E-state index contributed by atoms with van der Waals surface area (Å²) in [6.45, 7) is -0.630. The summed E-state index contributed by atoms with van der Waals surface area (Å²) >= 11 is 0. The zero-order chi connectivity index (χ0) is 22.5. The van der Waals surface area contributed by atoms with Crippen LogP contribution in [0.2, 0.25) is 0 Å². The molecule has 1 heterocycles. The van der Waals surface area contributed by atoms with Crippen molar-refractivity contribution in [3.05, 3.63) is 48.1 Å². The highest BCUT2D eigenvalue weighted by molar-refractivity contribution is 5.87. The van der Waals surface area contributed by atoms with Crippen molar-refractivity contribution in [1.29, 1.82) is 0 Å². The quantitative estimate of drug-likeness (QED) is 0.181. The zero-order valence-electron chi connectivity index (χ0n) is 16.5. The van der Waals surface area contributed by atoms with Crippen molar-refractivity contribution >= 4 is 12.0 Å². The zero-order valence-corrected chi connectivity index (χ0v) is 16.5. The number of hydrogen-bond acceptors (Lipinski definition) is 10. The van der Waals surface area contributed by atoms with Gasteiger partial charge in [-0.05, 0) is 30.2 Å². The van der Waals surface area contributed by atoms with Crippen LogP contribution in [0.25, 0.3) is 6.08 Å². The van der Waals surface area contributed by atoms with Gasteiger partial charge in [0.15, 0.2) is 12.4 Å². The number of hydrogen-bond donors (Lipinski definition) is 6. The van der Waals surface area contributed by atoms with Gasteiger partial charge in [0.1, 0.15) is 36.3 Å². The molecule has 1 aromatic carbocycles. The number of phenols is 1. The normalized spacial score (nSPS) is 35.9. The molecule has 31 heavy (non-hydrogen) atoms. The summed E-state index contributed by atoms with van der Waals surface area (Å²) in [4.78, 5) is 12.3. The molecular weight excluding hydrogens is 412 g/mol. The van der Waals surface area contributed by atoms with E-state index in [2.05, 4.69) is 0 Å². The molecule has 0 saturated carbocycles. The molecule has 1 aromatic rings. The fourth-order valence-corrected chi connectivity index (χ4v) is 3.35. The third-order valence-corrected chi connectivity index (χ3v) is 5.12. The summed E-state index contributed by atoms with van der Waals surface area (Å²) in [5.41, 5.74) is 0.606. The lowest BCUT2D eigenvalue weighted by Crippen LogP contribution is -2.61. The largest absolute Gasteiger partial charge is 0.508 e. The van der Waals surface area contributed by atoms with Gasteiger partial charge in [-0.25, -0.2) is 4.79 Å². The number of carbonyl (C=O) groups is 1. The fraction of sp³-hybridized carbons (Fsp3) is 0.476. The standard InChI is InChI=1S/C21H26O10/c22-10-15-18(27)19(28)20(21(30-15)29-14-3-1-2-13(24)17(14)26)31-16(25)9-6-11-4-7-12(23)8-5-11/h1-2,4-9,13-15,17-24,26-28H,3,10H2/b9-6-/t13-,14+,15+,17+,18+,19-,20+,21+/m0/s1. The van der Waals surface area contributed by atoms with Gasteiger partial charge in [0.25, 0.3) is 0 Å². The Morgan fingerprint density at radius 1 is 1.10 bits per heavy atom. The van der Waals surface area contributed by atoms with E-state index in [9.17, 15) is 35.4 Å². The SMILES string of the molecule is O=C(/C=C\c1ccc(O)cc1)O[C@H]1[C@H](O[C@@H]2CC=C[C@H](O)[C@H]2O)O[C@H](CO)[C@@H](O)[C@@H]1O. The van der Waals surface area contributed by atoms with Crippen LogP contribution in [0.15, 0.2) is 42.5 Å². The number of rotatable bonds is 6. The molecule has 170 valence electrons. The summed E-state index contributed by atoms with van der Waals surface area (Å²) in [5, 5.41) is 59.2. The molecule has 0 unspecified atom stereocenters. The molecule has 6 N–H and O–H groups in total. The molecule has 8 atom stereocenters. The van der Waals surface area contributed by atoms with Crippen LogP contribution in [0.1, 0.15) is 12.0 Å². The molecule has 1 aliphatic carbocycles. The number of ether oxygens (including phenoxy) is 3. The van der Waals surface area contributed by atoms with Gasteiger partial charge < -0.3 is 44.8 Å².